The molecule has 0 saturated heterocycles. The van der Waals surface area contributed by atoms with Gasteiger partial charge in [-0.3, -0.25) is 0 Å². The lowest BCUT2D eigenvalue weighted by molar-refractivity contribution is 0.432. The predicted molar refractivity (Wildman–Crippen MR) is 74.3 cm³/mol. The number of primary sulfonamides is 1. The lowest BCUT2D eigenvalue weighted by Crippen LogP contribution is -2.11. The Morgan fingerprint density at radius 3 is 2.45 bits per heavy atom. The summed E-state index contributed by atoms with van der Waals surface area (Å²) in [7, 11) is -3.76. The van der Waals surface area contributed by atoms with Gasteiger partial charge in [0.15, 0.2) is 0 Å². The van der Waals surface area contributed by atoms with Crippen LogP contribution in [0.15, 0.2) is 52.0 Å². The van der Waals surface area contributed by atoms with Gasteiger partial charge in [-0.2, -0.15) is 9.37 Å². The minimum absolute atomic E-state index is 0.0174. The molecule has 0 bridgehead atoms. The summed E-state index contributed by atoms with van der Waals surface area (Å²) in [5.74, 6) is -0.283. The van der Waals surface area contributed by atoms with Gasteiger partial charge in [0.05, 0.1) is 4.90 Å². The summed E-state index contributed by atoms with van der Waals surface area (Å²) in [6.45, 7) is 0. The molecule has 0 amide bonds. The van der Waals surface area contributed by atoms with Crippen molar-refractivity contribution >= 4 is 10.0 Å². The highest BCUT2D eigenvalue weighted by molar-refractivity contribution is 7.89. The maximum absolute atomic E-state index is 13.1. The van der Waals surface area contributed by atoms with E-state index in [2.05, 4.69) is 15.1 Å². The Morgan fingerprint density at radius 1 is 1.09 bits per heavy atom. The van der Waals surface area contributed by atoms with E-state index in [0.717, 1.165) is 0 Å². The molecule has 3 rings (SSSR count). The second kappa shape index (κ2) is 5.28. The lowest BCUT2D eigenvalue weighted by Gasteiger charge is -1.98. The number of aromatic nitrogens is 3. The fraction of sp³-hybridized carbons (Fsp3) is 0. The van der Waals surface area contributed by atoms with Crippen molar-refractivity contribution in [2.75, 3.05) is 0 Å². The van der Waals surface area contributed by atoms with Crippen LogP contribution in [0.4, 0.5) is 4.39 Å². The van der Waals surface area contributed by atoms with Gasteiger partial charge in [-0.25, -0.2) is 18.5 Å². The third-order valence-corrected chi connectivity index (χ3v) is 3.77. The summed E-state index contributed by atoms with van der Waals surface area (Å²) in [5, 5.41) is 8.80. The molecule has 2 heterocycles. The monoisotopic (exact) mass is 320 g/mol. The van der Waals surface area contributed by atoms with E-state index in [1.807, 2.05) is 0 Å². The smallest absolute Gasteiger partial charge is 0.258 e. The van der Waals surface area contributed by atoms with Gasteiger partial charge in [-0.1, -0.05) is 5.16 Å². The van der Waals surface area contributed by atoms with Gasteiger partial charge in [-0.15, -0.1) is 0 Å². The molecule has 9 heteroatoms. The molecule has 0 aliphatic rings. The van der Waals surface area contributed by atoms with E-state index in [0.29, 0.717) is 11.1 Å². The van der Waals surface area contributed by atoms with Gasteiger partial charge in [-0.05, 0) is 30.3 Å². The third-order valence-electron chi connectivity index (χ3n) is 2.84. The third kappa shape index (κ3) is 2.85. The first-order chi connectivity index (χ1) is 10.4. The molecule has 3 aromatic rings. The number of halogens is 1. The highest BCUT2D eigenvalue weighted by Gasteiger charge is 2.13. The molecular weight excluding hydrogens is 311 g/mol. The minimum Gasteiger partial charge on any atom is -0.334 e. The Morgan fingerprint density at radius 2 is 1.82 bits per heavy atom. The standard InChI is InChI=1S/C13H9FN4O3S/c14-11-7-9(5-6-16-11)13-17-12(18-21-13)8-1-3-10(4-2-8)22(15,19)20/h1-7H,(H2,15,19,20). The Balaban J connectivity index is 1.94. The van der Waals surface area contributed by atoms with Gasteiger partial charge in [0.25, 0.3) is 5.89 Å². The van der Waals surface area contributed by atoms with Crippen molar-refractivity contribution in [3.63, 3.8) is 0 Å². The summed E-state index contributed by atoms with van der Waals surface area (Å²) >= 11 is 0. The average molecular weight is 320 g/mol. The maximum atomic E-state index is 13.1. The van der Waals surface area contributed by atoms with Crippen molar-refractivity contribution in [1.82, 2.24) is 15.1 Å². The Labute approximate surface area is 124 Å². The second-order valence-electron chi connectivity index (χ2n) is 4.36. The normalized spacial score (nSPS) is 11.5. The van der Waals surface area contributed by atoms with E-state index in [1.54, 1.807) is 0 Å². The van der Waals surface area contributed by atoms with E-state index in [4.69, 9.17) is 9.66 Å². The number of nitrogens with zero attached hydrogens (tertiary/aromatic N) is 3. The number of nitrogens with two attached hydrogens (primary N) is 1. The van der Waals surface area contributed by atoms with E-state index in [-0.39, 0.29) is 16.6 Å². The molecule has 0 unspecified atom stereocenters. The topological polar surface area (TPSA) is 112 Å². The molecule has 7 nitrogen and oxygen atoms in total. The van der Waals surface area contributed by atoms with Crippen molar-refractivity contribution in [3.05, 3.63) is 48.5 Å². The summed E-state index contributed by atoms with van der Waals surface area (Å²) in [6.07, 6.45) is 1.29. The number of benzene rings is 1. The van der Waals surface area contributed by atoms with Crippen LogP contribution < -0.4 is 5.14 Å². The minimum atomic E-state index is -3.76. The first-order valence-electron chi connectivity index (χ1n) is 6.02. The van der Waals surface area contributed by atoms with E-state index in [9.17, 15) is 12.8 Å². The van der Waals surface area contributed by atoms with Crippen molar-refractivity contribution in [2.45, 2.75) is 4.90 Å². The fourth-order valence-electron chi connectivity index (χ4n) is 1.79. The second-order valence-corrected chi connectivity index (χ2v) is 5.92. The molecule has 112 valence electrons. The zero-order valence-corrected chi connectivity index (χ0v) is 11.8. The molecule has 1 aromatic carbocycles. The number of sulfonamides is 1. The molecule has 0 aliphatic heterocycles. The van der Waals surface area contributed by atoms with Gasteiger partial charge in [0, 0.05) is 23.4 Å². The van der Waals surface area contributed by atoms with Crippen LogP contribution in [0.2, 0.25) is 0 Å². The van der Waals surface area contributed by atoms with Gasteiger partial charge in [0.2, 0.25) is 21.8 Å². The zero-order chi connectivity index (χ0) is 15.7. The summed E-state index contributed by atoms with van der Waals surface area (Å²) in [5.41, 5.74) is 0.935. The molecule has 2 N–H and O–H groups in total. The SMILES string of the molecule is NS(=O)(=O)c1ccc(-c2noc(-c3ccnc(F)c3)n2)cc1. The fourth-order valence-corrected chi connectivity index (χ4v) is 2.30. The van der Waals surface area contributed by atoms with Crippen LogP contribution in [0, 0.1) is 5.95 Å². The molecule has 0 radical (unpaired) electrons. The summed E-state index contributed by atoms with van der Waals surface area (Å²) in [4.78, 5) is 7.55. The van der Waals surface area contributed by atoms with Gasteiger partial charge < -0.3 is 4.52 Å². The summed E-state index contributed by atoms with van der Waals surface area (Å²) in [6, 6.07) is 8.38. The first-order valence-corrected chi connectivity index (χ1v) is 7.57. The Bertz CT molecular complexity index is 922. The Hall–Kier alpha value is -2.65. The number of pyridine rings is 1. The lowest BCUT2D eigenvalue weighted by atomic mass is 10.2. The van der Waals surface area contributed by atoms with E-state index < -0.39 is 16.0 Å². The van der Waals surface area contributed by atoms with Crippen LogP contribution in [0.1, 0.15) is 0 Å². The van der Waals surface area contributed by atoms with Crippen molar-refractivity contribution < 1.29 is 17.3 Å². The Kier molecular flexibility index (Phi) is 3.43. The number of hydrogen-bond acceptors (Lipinski definition) is 6. The molecule has 0 fully saturated rings. The van der Waals surface area contributed by atoms with Crippen LogP contribution in [0.25, 0.3) is 22.8 Å². The molecule has 22 heavy (non-hydrogen) atoms. The predicted octanol–water partition coefficient (Wildman–Crippen LogP) is 1.59. The van der Waals surface area contributed by atoms with Crippen LogP contribution in [0.5, 0.6) is 0 Å². The number of hydrogen-bond donors (Lipinski definition) is 1. The van der Waals surface area contributed by atoms with Crippen molar-refractivity contribution in [3.8, 4) is 22.8 Å². The van der Waals surface area contributed by atoms with Crippen LogP contribution in [-0.4, -0.2) is 23.5 Å². The van der Waals surface area contributed by atoms with Crippen molar-refractivity contribution in [2.24, 2.45) is 5.14 Å². The zero-order valence-electron chi connectivity index (χ0n) is 11.0. The van der Waals surface area contributed by atoms with E-state index in [1.165, 1.54) is 42.6 Å². The van der Waals surface area contributed by atoms with Crippen LogP contribution >= 0.6 is 0 Å². The van der Waals surface area contributed by atoms with E-state index >= 15 is 0 Å². The average Bonchev–Trinajstić information content (AvgIpc) is 2.96. The van der Waals surface area contributed by atoms with Crippen LogP contribution in [0.3, 0.4) is 0 Å². The summed E-state index contributed by atoms with van der Waals surface area (Å²) < 4.78 is 40.5. The largest absolute Gasteiger partial charge is 0.334 e. The molecule has 0 spiro atoms. The molecule has 0 aliphatic carbocycles. The number of rotatable bonds is 3. The molecule has 2 aromatic heterocycles. The highest BCUT2D eigenvalue weighted by atomic mass is 32.2. The molecule has 0 saturated carbocycles. The highest BCUT2D eigenvalue weighted by Crippen LogP contribution is 2.23. The van der Waals surface area contributed by atoms with Gasteiger partial charge >= 0.3 is 0 Å². The van der Waals surface area contributed by atoms with Crippen LogP contribution in [-0.2, 0) is 10.0 Å². The first kappa shape index (κ1) is 14.3. The van der Waals surface area contributed by atoms with Crippen molar-refractivity contribution in [1.29, 1.82) is 0 Å². The maximum Gasteiger partial charge on any atom is 0.258 e. The quantitative estimate of drug-likeness (QED) is 0.733. The molecule has 0 atom stereocenters. The van der Waals surface area contributed by atoms with Gasteiger partial charge in [0.1, 0.15) is 0 Å². The molecular formula is C13H9FN4O3S.